The van der Waals surface area contributed by atoms with E-state index in [-0.39, 0.29) is 5.91 Å². The lowest BCUT2D eigenvalue weighted by Gasteiger charge is -2.27. The fourth-order valence-electron chi connectivity index (χ4n) is 2.42. The Balaban J connectivity index is 2.13. The highest BCUT2D eigenvalue weighted by atomic mass is 16.1. The highest BCUT2D eigenvalue weighted by Crippen LogP contribution is 2.36. The van der Waals surface area contributed by atoms with Crippen LogP contribution in [0.4, 0.5) is 0 Å². The van der Waals surface area contributed by atoms with Crippen molar-refractivity contribution in [2.24, 2.45) is 5.41 Å². The second-order valence-electron chi connectivity index (χ2n) is 5.49. The number of carbonyl (C=O) groups is 1. The highest BCUT2D eigenvalue weighted by Gasteiger charge is 2.33. The molecule has 3 nitrogen and oxygen atoms in total. The van der Waals surface area contributed by atoms with Crippen molar-refractivity contribution in [1.29, 1.82) is 0 Å². The minimum atomic E-state index is 0.171. The van der Waals surface area contributed by atoms with Crippen molar-refractivity contribution in [1.82, 2.24) is 10.6 Å². The molecule has 2 N–H and O–H groups in total. The average Bonchev–Trinajstić information content (AvgIpc) is 2.55. The van der Waals surface area contributed by atoms with Crippen molar-refractivity contribution in [2.45, 2.75) is 58.9 Å². The molecule has 94 valence electrons. The summed E-state index contributed by atoms with van der Waals surface area (Å²) in [6.45, 7) is 8.31. The van der Waals surface area contributed by atoms with Gasteiger partial charge >= 0.3 is 0 Å². The number of hydrogen-bond donors (Lipinski definition) is 2. The van der Waals surface area contributed by atoms with Crippen LogP contribution in [0.3, 0.4) is 0 Å². The lowest BCUT2D eigenvalue weighted by molar-refractivity contribution is -0.121. The highest BCUT2D eigenvalue weighted by molar-refractivity contribution is 5.75. The zero-order valence-electron chi connectivity index (χ0n) is 10.9. The van der Waals surface area contributed by atoms with Crippen LogP contribution in [0.25, 0.3) is 0 Å². The number of rotatable bonds is 6. The van der Waals surface area contributed by atoms with Gasteiger partial charge in [0.15, 0.2) is 0 Å². The van der Waals surface area contributed by atoms with Crippen LogP contribution in [0.5, 0.6) is 0 Å². The van der Waals surface area contributed by atoms with Gasteiger partial charge in [0, 0.05) is 25.6 Å². The van der Waals surface area contributed by atoms with Crippen molar-refractivity contribution < 1.29 is 4.79 Å². The summed E-state index contributed by atoms with van der Waals surface area (Å²) in [5.41, 5.74) is 0.403. The van der Waals surface area contributed by atoms with E-state index in [4.69, 9.17) is 0 Å². The molecular formula is C13H26N2O. The van der Waals surface area contributed by atoms with Gasteiger partial charge in [-0.05, 0) is 24.7 Å². The molecule has 1 atom stereocenters. The number of amides is 1. The summed E-state index contributed by atoms with van der Waals surface area (Å²) in [5.74, 6) is 0.171. The van der Waals surface area contributed by atoms with Crippen LogP contribution in [0.2, 0.25) is 0 Å². The van der Waals surface area contributed by atoms with Gasteiger partial charge in [0.25, 0.3) is 0 Å². The fraction of sp³-hybridized carbons (Fsp3) is 0.923. The molecule has 0 saturated heterocycles. The quantitative estimate of drug-likeness (QED) is 0.728. The van der Waals surface area contributed by atoms with Gasteiger partial charge < -0.3 is 10.6 Å². The van der Waals surface area contributed by atoms with Crippen molar-refractivity contribution in [3.63, 3.8) is 0 Å². The minimum absolute atomic E-state index is 0.171. The number of carbonyl (C=O) groups excluding carboxylic acids is 1. The molecule has 3 heteroatoms. The molecule has 0 radical (unpaired) electrons. The normalized spacial score (nSPS) is 23.3. The molecule has 0 bridgehead atoms. The molecule has 0 aliphatic heterocycles. The number of nitrogens with one attached hydrogen (secondary N) is 2. The maximum absolute atomic E-state index is 11.4. The molecular weight excluding hydrogens is 200 g/mol. The van der Waals surface area contributed by atoms with Gasteiger partial charge in [0.05, 0.1) is 0 Å². The first-order valence-corrected chi connectivity index (χ1v) is 6.56. The molecule has 16 heavy (non-hydrogen) atoms. The first kappa shape index (κ1) is 13.5. The fourth-order valence-corrected chi connectivity index (χ4v) is 2.42. The van der Waals surface area contributed by atoms with Crippen molar-refractivity contribution >= 4 is 5.91 Å². The summed E-state index contributed by atoms with van der Waals surface area (Å²) in [6, 6.07) is 0.589. The van der Waals surface area contributed by atoms with Gasteiger partial charge in [-0.15, -0.1) is 0 Å². The molecule has 0 aromatic heterocycles. The Hall–Kier alpha value is -0.570. The van der Waals surface area contributed by atoms with Gasteiger partial charge in [-0.2, -0.15) is 0 Å². The maximum atomic E-state index is 11.4. The summed E-state index contributed by atoms with van der Waals surface area (Å²) in [7, 11) is 0. The Morgan fingerprint density at radius 3 is 2.69 bits per heavy atom. The summed E-state index contributed by atoms with van der Waals surface area (Å²) in [4.78, 5) is 11.4. The lowest BCUT2D eigenvalue weighted by atomic mass is 9.87. The Bertz CT molecular complexity index is 226. The predicted molar refractivity (Wildman–Crippen MR) is 67.3 cm³/mol. The molecule has 1 aliphatic carbocycles. The first-order valence-electron chi connectivity index (χ1n) is 6.56. The summed E-state index contributed by atoms with van der Waals surface area (Å²) in [5, 5.41) is 6.42. The topological polar surface area (TPSA) is 41.1 Å². The van der Waals surface area contributed by atoms with Crippen LogP contribution >= 0.6 is 0 Å². The summed E-state index contributed by atoms with van der Waals surface area (Å²) >= 11 is 0. The third kappa shape index (κ3) is 4.12. The van der Waals surface area contributed by atoms with E-state index in [0.29, 0.717) is 17.9 Å². The molecule has 1 unspecified atom stereocenters. The summed E-state index contributed by atoms with van der Waals surface area (Å²) < 4.78 is 0. The second kappa shape index (κ2) is 6.24. The number of hydrogen-bond acceptors (Lipinski definition) is 2. The van der Waals surface area contributed by atoms with Crippen LogP contribution in [0.15, 0.2) is 0 Å². The van der Waals surface area contributed by atoms with Crippen LogP contribution in [0, 0.1) is 5.41 Å². The second-order valence-corrected chi connectivity index (χ2v) is 5.49. The zero-order chi connectivity index (χ0) is 12.0. The largest absolute Gasteiger partial charge is 0.356 e. The van der Waals surface area contributed by atoms with Crippen LogP contribution in [0.1, 0.15) is 52.9 Å². The van der Waals surface area contributed by atoms with E-state index in [2.05, 4.69) is 31.4 Å². The van der Waals surface area contributed by atoms with E-state index < -0.39 is 0 Å². The van der Waals surface area contributed by atoms with E-state index in [0.717, 1.165) is 19.5 Å². The molecule has 0 heterocycles. The molecule has 1 rings (SSSR count). The van der Waals surface area contributed by atoms with Gasteiger partial charge in [0.2, 0.25) is 5.91 Å². The maximum Gasteiger partial charge on any atom is 0.221 e. The van der Waals surface area contributed by atoms with E-state index in [1.807, 2.05) is 0 Å². The lowest BCUT2D eigenvalue weighted by Crippen LogP contribution is -2.39. The van der Waals surface area contributed by atoms with Crippen LogP contribution in [-0.4, -0.2) is 25.0 Å². The first-order chi connectivity index (χ1) is 7.56. The molecule has 0 spiro atoms. The third-order valence-corrected chi connectivity index (χ3v) is 3.57. The molecule has 1 fully saturated rings. The Labute approximate surface area is 99.4 Å². The molecule has 1 saturated carbocycles. The van der Waals surface area contributed by atoms with Crippen LogP contribution < -0.4 is 10.6 Å². The van der Waals surface area contributed by atoms with Crippen LogP contribution in [-0.2, 0) is 4.79 Å². The Kier molecular flexibility index (Phi) is 5.26. The molecule has 0 aromatic rings. The zero-order valence-corrected chi connectivity index (χ0v) is 10.9. The van der Waals surface area contributed by atoms with Crippen molar-refractivity contribution in [3.8, 4) is 0 Å². The predicted octanol–water partition coefficient (Wildman–Crippen LogP) is 2.07. The minimum Gasteiger partial charge on any atom is -0.356 e. The van der Waals surface area contributed by atoms with E-state index in [1.165, 1.54) is 19.3 Å². The van der Waals surface area contributed by atoms with E-state index in [9.17, 15) is 4.79 Å². The van der Waals surface area contributed by atoms with E-state index in [1.54, 1.807) is 0 Å². The monoisotopic (exact) mass is 226 g/mol. The molecule has 1 amide bonds. The SMILES string of the molecule is CCCNC(=O)CCNC1CCCC1(C)C. The Morgan fingerprint density at radius 2 is 2.12 bits per heavy atom. The van der Waals surface area contributed by atoms with Gasteiger partial charge in [-0.25, -0.2) is 0 Å². The Morgan fingerprint density at radius 1 is 1.38 bits per heavy atom. The third-order valence-electron chi connectivity index (χ3n) is 3.57. The van der Waals surface area contributed by atoms with E-state index >= 15 is 0 Å². The molecule has 0 aromatic carbocycles. The molecule has 1 aliphatic rings. The van der Waals surface area contributed by atoms with Gasteiger partial charge in [-0.1, -0.05) is 27.2 Å². The van der Waals surface area contributed by atoms with Crippen molar-refractivity contribution in [3.05, 3.63) is 0 Å². The standard InChI is InChI=1S/C13H26N2O/c1-4-9-15-12(16)7-10-14-11-6-5-8-13(11,2)3/h11,14H,4-10H2,1-3H3,(H,15,16). The van der Waals surface area contributed by atoms with Gasteiger partial charge in [-0.3, -0.25) is 4.79 Å². The average molecular weight is 226 g/mol. The van der Waals surface area contributed by atoms with Gasteiger partial charge in [0.1, 0.15) is 0 Å². The smallest absolute Gasteiger partial charge is 0.221 e. The van der Waals surface area contributed by atoms with Crippen molar-refractivity contribution in [2.75, 3.05) is 13.1 Å². The summed E-state index contributed by atoms with van der Waals surface area (Å²) in [6.07, 6.45) is 5.48.